The fourth-order valence-corrected chi connectivity index (χ4v) is 8.63. The summed E-state index contributed by atoms with van der Waals surface area (Å²) in [6.07, 6.45) is 98.4. The van der Waals surface area contributed by atoms with Gasteiger partial charge in [-0.25, -0.2) is 0 Å². The Bertz CT molecular complexity index is 1810. The minimum absolute atomic E-state index is 0.121. The second-order valence-corrected chi connectivity index (χ2v) is 21.3. The summed E-state index contributed by atoms with van der Waals surface area (Å²) in [4.78, 5) is 38.3. The summed E-state index contributed by atoms with van der Waals surface area (Å²) in [6, 6.07) is 0. The van der Waals surface area contributed by atoms with Crippen LogP contribution >= 0.6 is 0 Å². The molecule has 0 radical (unpaired) electrons. The molecule has 0 amide bonds. The van der Waals surface area contributed by atoms with Crippen LogP contribution in [0.2, 0.25) is 0 Å². The molecular formula is C75H120O6. The molecule has 0 saturated carbocycles. The van der Waals surface area contributed by atoms with E-state index in [1.807, 2.05) is 0 Å². The van der Waals surface area contributed by atoms with Crippen LogP contribution in [0.4, 0.5) is 0 Å². The lowest BCUT2D eigenvalue weighted by Gasteiger charge is -2.18. The Morgan fingerprint density at radius 3 is 0.815 bits per heavy atom. The fraction of sp³-hybridized carbons (Fsp3) is 0.613. The van der Waals surface area contributed by atoms with Crippen molar-refractivity contribution in [2.24, 2.45) is 0 Å². The molecule has 0 saturated heterocycles. The Balaban J connectivity index is 4.49. The number of allylic oxidation sites excluding steroid dienone is 26. The van der Waals surface area contributed by atoms with Gasteiger partial charge in [-0.3, -0.25) is 14.4 Å². The van der Waals surface area contributed by atoms with E-state index in [4.69, 9.17) is 14.2 Å². The Morgan fingerprint density at radius 1 is 0.259 bits per heavy atom. The van der Waals surface area contributed by atoms with E-state index < -0.39 is 6.10 Å². The number of rotatable bonds is 58. The van der Waals surface area contributed by atoms with Gasteiger partial charge < -0.3 is 14.2 Å². The Labute approximate surface area is 499 Å². The van der Waals surface area contributed by atoms with Crippen molar-refractivity contribution in [1.82, 2.24) is 0 Å². The van der Waals surface area contributed by atoms with Gasteiger partial charge in [0.2, 0.25) is 0 Å². The molecule has 0 rings (SSSR count). The van der Waals surface area contributed by atoms with E-state index in [-0.39, 0.29) is 44.0 Å². The summed E-state index contributed by atoms with van der Waals surface area (Å²) in [7, 11) is 0. The molecule has 0 aromatic carbocycles. The van der Waals surface area contributed by atoms with Crippen molar-refractivity contribution in [3.8, 4) is 0 Å². The van der Waals surface area contributed by atoms with Crippen LogP contribution in [-0.4, -0.2) is 37.2 Å². The lowest BCUT2D eigenvalue weighted by atomic mass is 10.0. The molecule has 0 N–H and O–H groups in total. The summed E-state index contributed by atoms with van der Waals surface area (Å²) in [5, 5.41) is 0. The van der Waals surface area contributed by atoms with Crippen molar-refractivity contribution in [1.29, 1.82) is 0 Å². The van der Waals surface area contributed by atoms with Gasteiger partial charge in [-0.2, -0.15) is 0 Å². The highest BCUT2D eigenvalue weighted by Crippen LogP contribution is 2.15. The van der Waals surface area contributed by atoms with Crippen LogP contribution in [0.25, 0.3) is 0 Å². The number of hydrogen-bond donors (Lipinski definition) is 0. The van der Waals surface area contributed by atoms with E-state index in [2.05, 4.69) is 179 Å². The van der Waals surface area contributed by atoms with Gasteiger partial charge in [-0.1, -0.05) is 275 Å². The predicted molar refractivity (Wildman–Crippen MR) is 352 cm³/mol. The number of carbonyl (C=O) groups excluding carboxylic acids is 3. The second kappa shape index (κ2) is 67.5. The summed E-state index contributed by atoms with van der Waals surface area (Å²) < 4.78 is 16.8. The first-order chi connectivity index (χ1) is 40.0. The van der Waals surface area contributed by atoms with E-state index in [1.165, 1.54) is 109 Å². The molecular weight excluding hydrogens is 997 g/mol. The third-order valence-corrected chi connectivity index (χ3v) is 13.5. The van der Waals surface area contributed by atoms with Gasteiger partial charge in [-0.15, -0.1) is 0 Å². The number of esters is 3. The van der Waals surface area contributed by atoms with E-state index in [0.29, 0.717) is 19.3 Å². The van der Waals surface area contributed by atoms with Crippen molar-refractivity contribution < 1.29 is 28.6 Å². The molecule has 0 bridgehead atoms. The average molecular weight is 1120 g/mol. The monoisotopic (exact) mass is 1120 g/mol. The van der Waals surface area contributed by atoms with E-state index in [1.54, 1.807) is 0 Å². The van der Waals surface area contributed by atoms with Crippen LogP contribution in [0.1, 0.15) is 278 Å². The minimum atomic E-state index is -0.835. The van der Waals surface area contributed by atoms with Crippen LogP contribution in [0, 0.1) is 0 Å². The van der Waals surface area contributed by atoms with Gasteiger partial charge in [-0.05, 0) is 141 Å². The van der Waals surface area contributed by atoms with E-state index in [0.717, 1.165) is 116 Å². The molecule has 6 nitrogen and oxygen atoms in total. The topological polar surface area (TPSA) is 78.9 Å². The molecule has 0 aliphatic heterocycles. The normalized spacial score (nSPS) is 13.2. The SMILES string of the molecule is CC/C=C\C/C=C\C/C=C\C/C=C\C/C=C\C/C=C\C/C=C\CCCC(=O)OC(COC(=O)CCCC/C=C\C/C=C\C/C=C\C/C=C\CC)COC(=O)CCCCCCCCCCCCCCC/C=C\C/C=C\CCCCCCC. The molecule has 0 aromatic rings. The first kappa shape index (κ1) is 76.0. The Morgan fingerprint density at radius 2 is 0.494 bits per heavy atom. The maximum atomic E-state index is 12.9. The van der Waals surface area contributed by atoms with Gasteiger partial charge in [0.15, 0.2) is 6.10 Å². The molecule has 0 aliphatic rings. The number of carbonyl (C=O) groups is 3. The molecule has 1 atom stereocenters. The molecule has 456 valence electrons. The third-order valence-electron chi connectivity index (χ3n) is 13.5. The molecule has 1 unspecified atom stereocenters. The predicted octanol–water partition coefficient (Wildman–Crippen LogP) is 22.9. The van der Waals surface area contributed by atoms with Crippen LogP contribution in [0.3, 0.4) is 0 Å². The standard InChI is InChI=1S/C75H120O6/c1-4-7-10-13-16-19-22-25-28-30-32-34-36-37-39-40-42-44-47-50-53-56-59-62-65-68-74(77)80-71-72(70-79-73(76)67-64-61-58-55-52-49-46-27-24-21-18-15-12-9-6-3)81-75(78)69-66-63-60-57-54-51-48-45-43-41-38-35-33-31-29-26-23-20-17-14-11-8-5-2/h8-9,11-12,17-18,20-22,25-27,29-30,32-33,35,41,43,46,48,51-52,55,57,60,72H,4-7,10,13-16,19,23-24,28,31,34,36-40,42,44-45,47,49-50,53-54,56,58-59,61-71H2,1-3H3/b11-8-,12-9-,20-17-,21-18-,25-22-,29-26-,32-30-,35-33-,43-41-,46-27-,51-48-,55-52-,60-57-. The van der Waals surface area contributed by atoms with Crippen molar-refractivity contribution in [3.63, 3.8) is 0 Å². The summed E-state index contributed by atoms with van der Waals surface area (Å²) in [6.45, 7) is 6.32. The largest absolute Gasteiger partial charge is 0.462 e. The zero-order valence-corrected chi connectivity index (χ0v) is 52.2. The molecule has 0 spiro atoms. The van der Waals surface area contributed by atoms with Gasteiger partial charge in [0.25, 0.3) is 0 Å². The first-order valence-electron chi connectivity index (χ1n) is 33.0. The van der Waals surface area contributed by atoms with Gasteiger partial charge in [0.05, 0.1) is 0 Å². The van der Waals surface area contributed by atoms with Crippen molar-refractivity contribution in [2.75, 3.05) is 13.2 Å². The highest BCUT2D eigenvalue weighted by molar-refractivity contribution is 5.71. The minimum Gasteiger partial charge on any atom is -0.462 e. The van der Waals surface area contributed by atoms with Crippen LogP contribution < -0.4 is 0 Å². The smallest absolute Gasteiger partial charge is 0.306 e. The number of unbranched alkanes of at least 4 members (excludes halogenated alkanes) is 21. The highest BCUT2D eigenvalue weighted by Gasteiger charge is 2.19. The lowest BCUT2D eigenvalue weighted by molar-refractivity contribution is -0.167. The van der Waals surface area contributed by atoms with Gasteiger partial charge in [0, 0.05) is 19.3 Å². The molecule has 0 heterocycles. The number of ether oxygens (including phenoxy) is 3. The Hall–Kier alpha value is -4.97. The van der Waals surface area contributed by atoms with Crippen molar-refractivity contribution >= 4 is 17.9 Å². The van der Waals surface area contributed by atoms with Crippen LogP contribution in [0.15, 0.2) is 158 Å². The molecule has 0 aromatic heterocycles. The van der Waals surface area contributed by atoms with Gasteiger partial charge in [0.1, 0.15) is 13.2 Å². The van der Waals surface area contributed by atoms with E-state index >= 15 is 0 Å². The summed E-state index contributed by atoms with van der Waals surface area (Å²) >= 11 is 0. The second-order valence-electron chi connectivity index (χ2n) is 21.3. The van der Waals surface area contributed by atoms with Gasteiger partial charge >= 0.3 is 17.9 Å². The fourth-order valence-electron chi connectivity index (χ4n) is 8.63. The molecule has 6 heteroatoms. The van der Waals surface area contributed by atoms with E-state index in [9.17, 15) is 14.4 Å². The maximum absolute atomic E-state index is 12.9. The molecule has 0 aliphatic carbocycles. The third kappa shape index (κ3) is 65.7. The van der Waals surface area contributed by atoms with Crippen molar-refractivity contribution in [2.45, 2.75) is 284 Å². The molecule has 0 fully saturated rings. The zero-order valence-electron chi connectivity index (χ0n) is 52.2. The summed E-state index contributed by atoms with van der Waals surface area (Å²) in [5.41, 5.74) is 0. The highest BCUT2D eigenvalue weighted by atomic mass is 16.6. The maximum Gasteiger partial charge on any atom is 0.306 e. The van der Waals surface area contributed by atoms with Crippen LogP contribution in [0.5, 0.6) is 0 Å². The zero-order chi connectivity index (χ0) is 58.5. The van der Waals surface area contributed by atoms with Crippen molar-refractivity contribution in [3.05, 3.63) is 158 Å². The lowest BCUT2D eigenvalue weighted by Crippen LogP contribution is -2.30. The Kier molecular flexibility index (Phi) is 63.4. The molecule has 81 heavy (non-hydrogen) atoms. The average Bonchev–Trinajstić information content (AvgIpc) is 3.47. The number of hydrogen-bond acceptors (Lipinski definition) is 6. The van der Waals surface area contributed by atoms with Crippen LogP contribution in [-0.2, 0) is 28.6 Å². The first-order valence-corrected chi connectivity index (χ1v) is 33.0. The quantitative estimate of drug-likeness (QED) is 0.0261. The summed E-state index contributed by atoms with van der Waals surface area (Å²) in [5.74, 6) is -1.03.